The largest absolute Gasteiger partial charge is 0.491 e. The maximum atomic E-state index is 10.7. The molecule has 1 unspecified atom stereocenters. The van der Waals surface area contributed by atoms with Crippen LogP contribution >= 0.6 is 0 Å². The highest BCUT2D eigenvalue weighted by molar-refractivity contribution is 5.75. The number of aldehydes is 1. The van der Waals surface area contributed by atoms with Crippen LogP contribution in [0.25, 0.3) is 0 Å². The van der Waals surface area contributed by atoms with Crippen molar-refractivity contribution in [3.05, 3.63) is 29.8 Å². The molecule has 18 heavy (non-hydrogen) atoms. The van der Waals surface area contributed by atoms with E-state index in [2.05, 4.69) is 11.8 Å². The van der Waals surface area contributed by atoms with E-state index in [1.165, 1.54) is 25.9 Å². The average molecular weight is 247 g/mol. The molecule has 98 valence electrons. The maximum absolute atomic E-state index is 10.7. The van der Waals surface area contributed by atoms with Crippen LogP contribution in [0.3, 0.4) is 0 Å². The van der Waals surface area contributed by atoms with Crippen LogP contribution < -0.4 is 4.74 Å². The SMILES string of the molecule is CC(CCN1CCCC1)Oc1cccc(C=O)c1. The maximum Gasteiger partial charge on any atom is 0.150 e. The summed E-state index contributed by atoms with van der Waals surface area (Å²) in [5, 5.41) is 0. The highest BCUT2D eigenvalue weighted by Gasteiger charge is 2.13. The van der Waals surface area contributed by atoms with Crippen molar-refractivity contribution in [2.75, 3.05) is 19.6 Å². The molecule has 1 aliphatic rings. The Hall–Kier alpha value is -1.35. The lowest BCUT2D eigenvalue weighted by Crippen LogP contribution is -2.25. The molecule has 1 fully saturated rings. The van der Waals surface area contributed by atoms with E-state index in [-0.39, 0.29) is 6.10 Å². The minimum Gasteiger partial charge on any atom is -0.491 e. The summed E-state index contributed by atoms with van der Waals surface area (Å²) >= 11 is 0. The van der Waals surface area contributed by atoms with Gasteiger partial charge in [0, 0.05) is 12.1 Å². The van der Waals surface area contributed by atoms with E-state index < -0.39 is 0 Å². The molecule has 0 saturated carbocycles. The third kappa shape index (κ3) is 3.84. The number of hydrogen-bond acceptors (Lipinski definition) is 3. The highest BCUT2D eigenvalue weighted by Crippen LogP contribution is 2.16. The predicted octanol–water partition coefficient (Wildman–Crippen LogP) is 2.75. The molecule has 3 nitrogen and oxygen atoms in total. The van der Waals surface area contributed by atoms with Crippen LogP contribution in [0.4, 0.5) is 0 Å². The first-order valence-corrected chi connectivity index (χ1v) is 6.72. The van der Waals surface area contributed by atoms with Crippen LogP contribution in [0.5, 0.6) is 5.75 Å². The third-order valence-electron chi connectivity index (χ3n) is 3.38. The molecule has 0 spiro atoms. The predicted molar refractivity (Wildman–Crippen MR) is 72.2 cm³/mol. The van der Waals surface area contributed by atoms with Gasteiger partial charge in [-0.1, -0.05) is 12.1 Å². The lowest BCUT2D eigenvalue weighted by molar-refractivity contribution is 0.112. The summed E-state index contributed by atoms with van der Waals surface area (Å²) in [6.45, 7) is 5.65. The van der Waals surface area contributed by atoms with Gasteiger partial charge in [-0.3, -0.25) is 4.79 Å². The fourth-order valence-electron chi connectivity index (χ4n) is 2.32. The Labute approximate surface area is 109 Å². The van der Waals surface area contributed by atoms with Crippen molar-refractivity contribution in [3.63, 3.8) is 0 Å². The van der Waals surface area contributed by atoms with Gasteiger partial charge in [0.1, 0.15) is 12.0 Å². The fourth-order valence-corrected chi connectivity index (χ4v) is 2.32. The molecule has 0 radical (unpaired) electrons. The van der Waals surface area contributed by atoms with Gasteiger partial charge in [0.25, 0.3) is 0 Å². The summed E-state index contributed by atoms with van der Waals surface area (Å²) in [4.78, 5) is 13.2. The lowest BCUT2D eigenvalue weighted by atomic mass is 10.2. The Balaban J connectivity index is 1.78. The number of ether oxygens (including phenoxy) is 1. The van der Waals surface area contributed by atoms with Crippen molar-refractivity contribution in [3.8, 4) is 5.75 Å². The van der Waals surface area contributed by atoms with E-state index in [1.807, 2.05) is 12.1 Å². The topological polar surface area (TPSA) is 29.5 Å². The Morgan fingerprint density at radius 1 is 1.39 bits per heavy atom. The molecular formula is C15H21NO2. The van der Waals surface area contributed by atoms with Crippen molar-refractivity contribution in [2.45, 2.75) is 32.3 Å². The van der Waals surface area contributed by atoms with Crippen LogP contribution in [-0.4, -0.2) is 36.9 Å². The number of nitrogens with zero attached hydrogens (tertiary/aromatic N) is 1. The van der Waals surface area contributed by atoms with Crippen molar-refractivity contribution in [1.82, 2.24) is 4.90 Å². The Kier molecular flexibility index (Phi) is 4.76. The van der Waals surface area contributed by atoms with Gasteiger partial charge < -0.3 is 9.64 Å². The van der Waals surface area contributed by atoms with Crippen LogP contribution in [0.1, 0.15) is 36.5 Å². The summed E-state index contributed by atoms with van der Waals surface area (Å²) in [7, 11) is 0. The van der Waals surface area contributed by atoms with Crippen molar-refractivity contribution >= 4 is 6.29 Å². The highest BCUT2D eigenvalue weighted by atomic mass is 16.5. The average Bonchev–Trinajstić information content (AvgIpc) is 2.90. The molecule has 0 bridgehead atoms. The smallest absolute Gasteiger partial charge is 0.150 e. The standard InChI is InChI=1S/C15H21NO2/c1-13(7-10-16-8-2-3-9-16)18-15-6-4-5-14(11-15)12-17/h4-6,11-13H,2-3,7-10H2,1H3. The number of carbonyl (C=O) groups is 1. The number of benzene rings is 1. The van der Waals surface area contributed by atoms with Gasteiger partial charge in [0.15, 0.2) is 0 Å². The second-order valence-corrected chi connectivity index (χ2v) is 4.96. The normalized spacial score (nSPS) is 17.6. The van der Waals surface area contributed by atoms with E-state index in [4.69, 9.17) is 4.74 Å². The lowest BCUT2D eigenvalue weighted by Gasteiger charge is -2.19. The van der Waals surface area contributed by atoms with E-state index in [0.29, 0.717) is 5.56 Å². The van der Waals surface area contributed by atoms with Crippen molar-refractivity contribution in [1.29, 1.82) is 0 Å². The zero-order valence-corrected chi connectivity index (χ0v) is 11.0. The summed E-state index contributed by atoms with van der Waals surface area (Å²) < 4.78 is 5.83. The van der Waals surface area contributed by atoms with E-state index in [1.54, 1.807) is 12.1 Å². The second kappa shape index (κ2) is 6.55. The zero-order chi connectivity index (χ0) is 12.8. The molecule has 1 atom stereocenters. The Morgan fingerprint density at radius 3 is 2.89 bits per heavy atom. The monoisotopic (exact) mass is 247 g/mol. The van der Waals surface area contributed by atoms with Gasteiger partial charge in [-0.25, -0.2) is 0 Å². The van der Waals surface area contributed by atoms with E-state index in [9.17, 15) is 4.79 Å². The summed E-state index contributed by atoms with van der Waals surface area (Å²) in [5.74, 6) is 0.786. The molecule has 1 aliphatic heterocycles. The number of hydrogen-bond donors (Lipinski definition) is 0. The first kappa shape index (κ1) is 13.1. The first-order valence-electron chi connectivity index (χ1n) is 6.72. The molecule has 0 amide bonds. The van der Waals surface area contributed by atoms with Gasteiger partial charge >= 0.3 is 0 Å². The first-order chi connectivity index (χ1) is 8.78. The zero-order valence-electron chi connectivity index (χ0n) is 11.0. The van der Waals surface area contributed by atoms with E-state index >= 15 is 0 Å². The van der Waals surface area contributed by atoms with Gasteiger partial charge in [-0.05, 0) is 51.4 Å². The van der Waals surface area contributed by atoms with Crippen LogP contribution in [0.2, 0.25) is 0 Å². The Bertz CT molecular complexity index is 386. The molecule has 1 heterocycles. The van der Waals surface area contributed by atoms with Gasteiger partial charge in [0.05, 0.1) is 6.10 Å². The summed E-state index contributed by atoms with van der Waals surface area (Å²) in [6.07, 6.45) is 4.73. The van der Waals surface area contributed by atoms with Crippen molar-refractivity contribution in [2.24, 2.45) is 0 Å². The van der Waals surface area contributed by atoms with Gasteiger partial charge in [0.2, 0.25) is 0 Å². The summed E-state index contributed by atoms with van der Waals surface area (Å²) in [5.41, 5.74) is 0.666. The minimum atomic E-state index is 0.188. The Morgan fingerprint density at radius 2 is 2.17 bits per heavy atom. The van der Waals surface area contributed by atoms with Gasteiger partial charge in [-0.2, -0.15) is 0 Å². The molecule has 0 aliphatic carbocycles. The summed E-state index contributed by atoms with van der Waals surface area (Å²) in [6, 6.07) is 7.33. The number of carbonyl (C=O) groups excluding carboxylic acids is 1. The van der Waals surface area contributed by atoms with E-state index in [0.717, 1.165) is 25.0 Å². The van der Waals surface area contributed by atoms with Crippen LogP contribution in [0, 0.1) is 0 Å². The van der Waals surface area contributed by atoms with Crippen LogP contribution in [0.15, 0.2) is 24.3 Å². The second-order valence-electron chi connectivity index (χ2n) is 4.96. The van der Waals surface area contributed by atoms with Crippen LogP contribution in [-0.2, 0) is 0 Å². The molecule has 0 N–H and O–H groups in total. The number of rotatable bonds is 6. The molecule has 1 aromatic carbocycles. The molecule has 3 heteroatoms. The van der Waals surface area contributed by atoms with Crippen molar-refractivity contribution < 1.29 is 9.53 Å². The number of likely N-dealkylation sites (tertiary alicyclic amines) is 1. The minimum absolute atomic E-state index is 0.188. The third-order valence-corrected chi connectivity index (χ3v) is 3.38. The quantitative estimate of drug-likeness (QED) is 0.724. The molecule has 1 aromatic rings. The fraction of sp³-hybridized carbons (Fsp3) is 0.533. The van der Waals surface area contributed by atoms with Gasteiger partial charge in [-0.15, -0.1) is 0 Å². The molecule has 1 saturated heterocycles. The molecule has 2 rings (SSSR count). The molecule has 0 aromatic heterocycles. The molecular weight excluding hydrogens is 226 g/mol.